The molecule has 0 saturated heterocycles. The number of halogens is 2. The van der Waals surface area contributed by atoms with Crippen molar-refractivity contribution in [1.29, 1.82) is 0 Å². The van der Waals surface area contributed by atoms with E-state index in [0.717, 1.165) is 28.7 Å². The van der Waals surface area contributed by atoms with Crippen molar-refractivity contribution in [3.8, 4) is 11.4 Å². The molecule has 0 aliphatic heterocycles. The molecule has 0 amide bonds. The van der Waals surface area contributed by atoms with Gasteiger partial charge in [-0.3, -0.25) is 5.10 Å². The van der Waals surface area contributed by atoms with E-state index in [2.05, 4.69) is 25.8 Å². The maximum atomic E-state index is 13.5. The molecule has 3 aromatic carbocycles. The molecule has 0 saturated carbocycles. The molecule has 1 heterocycles. The maximum absolute atomic E-state index is 13.5. The first kappa shape index (κ1) is 20.3. The summed E-state index contributed by atoms with van der Waals surface area (Å²) in [6, 6.07) is 19.4. The molecule has 4 aromatic rings. The summed E-state index contributed by atoms with van der Waals surface area (Å²) in [4.78, 5) is 6.56. The van der Waals surface area contributed by atoms with Crippen molar-refractivity contribution in [3.63, 3.8) is 0 Å². The molecule has 3 N–H and O–H groups in total. The fourth-order valence-corrected chi connectivity index (χ4v) is 3.10. The number of rotatable bonds is 7. The van der Waals surface area contributed by atoms with Gasteiger partial charge in [0.05, 0.1) is 0 Å². The minimum Gasteiger partial charge on any atom is -0.380 e. The second-order valence-electron chi connectivity index (χ2n) is 7.22. The summed E-state index contributed by atoms with van der Waals surface area (Å²) in [7, 11) is 3.98. The van der Waals surface area contributed by atoms with E-state index in [9.17, 15) is 8.78 Å². The molecule has 8 heteroatoms. The summed E-state index contributed by atoms with van der Waals surface area (Å²) in [6.07, 6.45) is 0. The van der Waals surface area contributed by atoms with Gasteiger partial charge in [0.2, 0.25) is 5.95 Å². The molecule has 4 rings (SSSR count). The van der Waals surface area contributed by atoms with E-state index < -0.39 is 11.6 Å². The number of nitrogens with one attached hydrogen (secondary N) is 3. The summed E-state index contributed by atoms with van der Waals surface area (Å²) in [6.45, 7) is 0.339. The minimum atomic E-state index is -0.864. The van der Waals surface area contributed by atoms with E-state index in [0.29, 0.717) is 23.9 Å². The van der Waals surface area contributed by atoms with Crippen LogP contribution < -0.4 is 15.5 Å². The fourth-order valence-electron chi connectivity index (χ4n) is 3.10. The van der Waals surface area contributed by atoms with Crippen LogP contribution >= 0.6 is 0 Å². The van der Waals surface area contributed by atoms with Crippen LogP contribution in [0.25, 0.3) is 11.4 Å². The molecular formula is C23H22F2N6. The lowest BCUT2D eigenvalue weighted by atomic mass is 10.1. The molecule has 0 fully saturated rings. The lowest BCUT2D eigenvalue weighted by Crippen LogP contribution is -2.08. The number of aromatic nitrogens is 3. The second-order valence-corrected chi connectivity index (χ2v) is 7.22. The standard InChI is InChI=1S/C23H22F2N6/c1-31(2)17-10-8-16(9-11-17)27-23-28-22(29-30-23)18-5-3-4-6-21(18)26-14-15-7-12-19(24)20(25)13-15/h3-13,26H,14H2,1-2H3,(H2,27,28,29,30). The monoisotopic (exact) mass is 420 g/mol. The van der Waals surface area contributed by atoms with Crippen LogP contribution in [0.5, 0.6) is 0 Å². The van der Waals surface area contributed by atoms with Crippen LogP contribution in [0.4, 0.5) is 31.8 Å². The molecular weight excluding hydrogens is 398 g/mol. The Morgan fingerprint density at radius 2 is 1.71 bits per heavy atom. The van der Waals surface area contributed by atoms with Crippen molar-refractivity contribution in [2.75, 3.05) is 29.6 Å². The largest absolute Gasteiger partial charge is 0.380 e. The fraction of sp³-hybridized carbons (Fsp3) is 0.130. The van der Waals surface area contributed by atoms with Crippen LogP contribution in [0.15, 0.2) is 66.7 Å². The number of aromatic amines is 1. The molecule has 6 nitrogen and oxygen atoms in total. The minimum absolute atomic E-state index is 0.339. The first-order chi connectivity index (χ1) is 15.0. The van der Waals surface area contributed by atoms with Crippen molar-refractivity contribution >= 4 is 23.0 Å². The first-order valence-electron chi connectivity index (χ1n) is 9.73. The van der Waals surface area contributed by atoms with Crippen LogP contribution in [-0.4, -0.2) is 29.3 Å². The first-order valence-corrected chi connectivity index (χ1v) is 9.73. The zero-order chi connectivity index (χ0) is 21.8. The van der Waals surface area contributed by atoms with Gasteiger partial charge >= 0.3 is 0 Å². The van der Waals surface area contributed by atoms with Gasteiger partial charge < -0.3 is 15.5 Å². The number of hydrogen-bond acceptors (Lipinski definition) is 5. The average molecular weight is 420 g/mol. The topological polar surface area (TPSA) is 68.9 Å². The Labute approximate surface area is 179 Å². The molecule has 1 aromatic heterocycles. The highest BCUT2D eigenvalue weighted by Gasteiger charge is 2.11. The van der Waals surface area contributed by atoms with Crippen LogP contribution in [0, 0.1) is 11.6 Å². The quantitative estimate of drug-likeness (QED) is 0.385. The summed E-state index contributed by atoms with van der Waals surface area (Å²) in [5.41, 5.74) is 4.22. The number of nitrogens with zero attached hydrogens (tertiary/aromatic N) is 3. The lowest BCUT2D eigenvalue weighted by Gasteiger charge is -2.12. The molecule has 31 heavy (non-hydrogen) atoms. The molecule has 0 radical (unpaired) electrons. The van der Waals surface area contributed by atoms with Gasteiger partial charge in [-0.05, 0) is 54.1 Å². The number of anilines is 4. The Balaban J connectivity index is 1.49. The lowest BCUT2D eigenvalue weighted by molar-refractivity contribution is 0.507. The van der Waals surface area contributed by atoms with Gasteiger partial charge in [-0.1, -0.05) is 18.2 Å². The molecule has 0 atom stereocenters. The number of para-hydroxylation sites is 1. The smallest absolute Gasteiger partial charge is 0.246 e. The number of H-pyrrole nitrogens is 1. The van der Waals surface area contributed by atoms with Crippen LogP contribution in [0.3, 0.4) is 0 Å². The van der Waals surface area contributed by atoms with E-state index in [1.807, 2.05) is 67.5 Å². The predicted octanol–water partition coefficient (Wildman–Crippen LogP) is 5.17. The second kappa shape index (κ2) is 8.83. The van der Waals surface area contributed by atoms with Gasteiger partial charge in [0.15, 0.2) is 17.5 Å². The van der Waals surface area contributed by atoms with Gasteiger partial charge in [-0.25, -0.2) is 8.78 Å². The Bertz CT molecular complexity index is 1170. The Kier molecular flexibility index (Phi) is 5.79. The number of hydrogen-bond donors (Lipinski definition) is 3. The molecule has 0 aliphatic carbocycles. The third-order valence-electron chi connectivity index (χ3n) is 4.77. The Morgan fingerprint density at radius 1 is 0.935 bits per heavy atom. The number of benzene rings is 3. The van der Waals surface area contributed by atoms with E-state index in [1.54, 1.807) is 6.07 Å². The Morgan fingerprint density at radius 3 is 2.45 bits per heavy atom. The summed E-state index contributed by atoms with van der Waals surface area (Å²) >= 11 is 0. The zero-order valence-corrected chi connectivity index (χ0v) is 17.2. The third-order valence-corrected chi connectivity index (χ3v) is 4.77. The zero-order valence-electron chi connectivity index (χ0n) is 17.2. The highest BCUT2D eigenvalue weighted by molar-refractivity contribution is 5.74. The van der Waals surface area contributed by atoms with Gasteiger partial charge in [0.1, 0.15) is 0 Å². The summed E-state index contributed by atoms with van der Waals surface area (Å²) in [5, 5.41) is 13.6. The summed E-state index contributed by atoms with van der Waals surface area (Å²) < 4.78 is 26.6. The predicted molar refractivity (Wildman–Crippen MR) is 120 cm³/mol. The molecule has 0 unspecified atom stereocenters. The molecule has 0 aliphatic rings. The van der Waals surface area contributed by atoms with Crippen molar-refractivity contribution in [3.05, 3.63) is 83.9 Å². The molecule has 0 bridgehead atoms. The van der Waals surface area contributed by atoms with Crippen molar-refractivity contribution in [1.82, 2.24) is 15.2 Å². The third kappa shape index (κ3) is 4.80. The maximum Gasteiger partial charge on any atom is 0.246 e. The SMILES string of the molecule is CN(C)c1ccc(Nc2n[nH]c(-c3ccccc3NCc3ccc(F)c(F)c3)n2)cc1. The normalized spacial score (nSPS) is 10.7. The molecule has 158 valence electrons. The van der Waals surface area contributed by atoms with Crippen molar-refractivity contribution < 1.29 is 8.78 Å². The van der Waals surface area contributed by atoms with E-state index in [4.69, 9.17) is 0 Å². The highest BCUT2D eigenvalue weighted by Crippen LogP contribution is 2.27. The van der Waals surface area contributed by atoms with Crippen molar-refractivity contribution in [2.24, 2.45) is 0 Å². The average Bonchev–Trinajstić information content (AvgIpc) is 3.23. The van der Waals surface area contributed by atoms with Crippen molar-refractivity contribution in [2.45, 2.75) is 6.54 Å². The van der Waals surface area contributed by atoms with Crippen LogP contribution in [0.1, 0.15) is 5.56 Å². The van der Waals surface area contributed by atoms with E-state index >= 15 is 0 Å². The molecule has 0 spiro atoms. The highest BCUT2D eigenvalue weighted by atomic mass is 19.2. The Hall–Kier alpha value is -3.94. The van der Waals surface area contributed by atoms with Gasteiger partial charge in [-0.15, -0.1) is 5.10 Å². The van der Waals surface area contributed by atoms with Gasteiger partial charge in [0, 0.05) is 43.3 Å². The van der Waals surface area contributed by atoms with E-state index in [1.165, 1.54) is 6.07 Å². The van der Waals surface area contributed by atoms with Gasteiger partial charge in [-0.2, -0.15) is 4.98 Å². The van der Waals surface area contributed by atoms with Crippen LogP contribution in [-0.2, 0) is 6.54 Å². The van der Waals surface area contributed by atoms with E-state index in [-0.39, 0.29) is 0 Å². The van der Waals surface area contributed by atoms with Crippen LogP contribution in [0.2, 0.25) is 0 Å². The van der Waals surface area contributed by atoms with Gasteiger partial charge in [0.25, 0.3) is 0 Å². The summed E-state index contributed by atoms with van der Waals surface area (Å²) in [5.74, 6) is -0.692.